The van der Waals surface area contributed by atoms with Gasteiger partial charge in [-0.15, -0.1) is 11.3 Å². The highest BCUT2D eigenvalue weighted by Crippen LogP contribution is 2.22. The van der Waals surface area contributed by atoms with Crippen molar-refractivity contribution < 1.29 is 4.79 Å². The van der Waals surface area contributed by atoms with Crippen LogP contribution < -0.4 is 0 Å². The molecule has 20 heavy (non-hydrogen) atoms. The lowest BCUT2D eigenvalue weighted by Crippen LogP contribution is -2.03. The van der Waals surface area contributed by atoms with E-state index in [1.165, 1.54) is 10.4 Å². The number of ketones is 1. The number of fused-ring (bicyclic) bond motifs is 1. The molecule has 2 heterocycles. The Bertz CT molecular complexity index is 769. The highest BCUT2D eigenvalue weighted by Gasteiger charge is 2.12. The molecule has 0 unspecified atom stereocenters. The van der Waals surface area contributed by atoms with E-state index in [-0.39, 0.29) is 5.78 Å². The van der Waals surface area contributed by atoms with Gasteiger partial charge in [0.15, 0.2) is 5.78 Å². The van der Waals surface area contributed by atoms with Gasteiger partial charge in [-0.1, -0.05) is 24.3 Å². The molecule has 1 aromatic carbocycles. The Balaban J connectivity index is 1.87. The van der Waals surface area contributed by atoms with E-state index in [0.29, 0.717) is 6.42 Å². The third-order valence-corrected chi connectivity index (χ3v) is 4.63. The molecule has 0 N–H and O–H groups in total. The Morgan fingerprint density at radius 1 is 1.15 bits per heavy atom. The van der Waals surface area contributed by atoms with Crippen molar-refractivity contribution in [2.75, 3.05) is 0 Å². The number of carbonyl (C=O) groups excluding carboxylic acids is 1. The summed E-state index contributed by atoms with van der Waals surface area (Å²) in [4.78, 5) is 18.9. The molecule has 2 aromatic heterocycles. The highest BCUT2D eigenvalue weighted by molar-refractivity contribution is 7.14. The number of aryl methyl sites for hydroxylation is 2. The van der Waals surface area contributed by atoms with Crippen LogP contribution >= 0.6 is 11.3 Å². The summed E-state index contributed by atoms with van der Waals surface area (Å²) in [5.74, 6) is 0.147. The maximum absolute atomic E-state index is 12.3. The van der Waals surface area contributed by atoms with Crippen molar-refractivity contribution in [1.82, 2.24) is 4.98 Å². The first-order valence-electron chi connectivity index (χ1n) is 6.58. The maximum Gasteiger partial charge on any atom is 0.178 e. The second kappa shape index (κ2) is 5.17. The number of hydrogen-bond donors (Lipinski definition) is 0. The van der Waals surface area contributed by atoms with Gasteiger partial charge in [0.05, 0.1) is 16.8 Å². The molecule has 0 bridgehead atoms. The molecule has 2 nitrogen and oxygen atoms in total. The standard InChI is InChI=1S/C17H15NOS/c1-11-9-17(20-12(11)2)16(19)10-14-8-7-13-5-3-4-6-15(13)18-14/h3-9H,10H2,1-2H3. The Hall–Kier alpha value is -2.00. The van der Waals surface area contributed by atoms with Crippen LogP contribution in [0.15, 0.2) is 42.5 Å². The zero-order chi connectivity index (χ0) is 14.1. The summed E-state index contributed by atoms with van der Waals surface area (Å²) in [7, 11) is 0. The van der Waals surface area contributed by atoms with Crippen molar-refractivity contribution in [2.45, 2.75) is 20.3 Å². The van der Waals surface area contributed by atoms with E-state index >= 15 is 0 Å². The molecule has 3 rings (SSSR count). The number of rotatable bonds is 3. The quantitative estimate of drug-likeness (QED) is 0.668. The summed E-state index contributed by atoms with van der Waals surface area (Å²) in [5.41, 5.74) is 2.96. The minimum absolute atomic E-state index is 0.147. The van der Waals surface area contributed by atoms with Crippen molar-refractivity contribution in [3.63, 3.8) is 0 Å². The third kappa shape index (κ3) is 2.49. The van der Waals surface area contributed by atoms with Gasteiger partial charge in [-0.05, 0) is 37.6 Å². The summed E-state index contributed by atoms with van der Waals surface area (Å²) in [6.07, 6.45) is 0.365. The molecule has 0 aliphatic heterocycles. The van der Waals surface area contributed by atoms with Crippen LogP contribution in [0.3, 0.4) is 0 Å². The Morgan fingerprint density at radius 3 is 2.70 bits per heavy atom. The molecule has 0 amide bonds. The fourth-order valence-electron chi connectivity index (χ4n) is 2.17. The van der Waals surface area contributed by atoms with Crippen LogP contribution in [0, 0.1) is 13.8 Å². The number of aromatic nitrogens is 1. The number of hydrogen-bond acceptors (Lipinski definition) is 3. The first kappa shape index (κ1) is 13.0. The summed E-state index contributed by atoms with van der Waals surface area (Å²) in [5, 5.41) is 1.10. The number of carbonyl (C=O) groups is 1. The van der Waals surface area contributed by atoms with Crippen LogP contribution in [0.25, 0.3) is 10.9 Å². The lowest BCUT2D eigenvalue weighted by atomic mass is 10.1. The van der Waals surface area contributed by atoms with Crippen LogP contribution in [-0.2, 0) is 6.42 Å². The summed E-state index contributed by atoms with van der Waals surface area (Å²) in [6, 6.07) is 13.9. The first-order valence-corrected chi connectivity index (χ1v) is 7.40. The molecular formula is C17H15NOS. The molecule has 0 aliphatic rings. The van der Waals surface area contributed by atoms with E-state index in [9.17, 15) is 4.79 Å². The Labute approximate surface area is 122 Å². The molecule has 3 heteroatoms. The van der Waals surface area contributed by atoms with Gasteiger partial charge in [0.2, 0.25) is 0 Å². The van der Waals surface area contributed by atoms with Crippen LogP contribution in [0.4, 0.5) is 0 Å². The molecule has 3 aromatic rings. The predicted octanol–water partition coefficient (Wildman–Crippen LogP) is 4.34. The maximum atomic E-state index is 12.3. The van der Waals surface area contributed by atoms with E-state index in [2.05, 4.69) is 4.98 Å². The van der Waals surface area contributed by atoms with Crippen LogP contribution in [0.1, 0.15) is 25.8 Å². The van der Waals surface area contributed by atoms with Crippen molar-refractivity contribution in [2.24, 2.45) is 0 Å². The second-order valence-corrected chi connectivity index (χ2v) is 6.20. The Morgan fingerprint density at radius 2 is 1.95 bits per heavy atom. The molecule has 0 fully saturated rings. The van der Waals surface area contributed by atoms with Gasteiger partial charge in [0.1, 0.15) is 0 Å². The largest absolute Gasteiger partial charge is 0.293 e. The van der Waals surface area contributed by atoms with Crippen LogP contribution in [0.5, 0.6) is 0 Å². The molecule has 0 atom stereocenters. The van der Waals surface area contributed by atoms with Gasteiger partial charge in [-0.2, -0.15) is 0 Å². The normalized spacial score (nSPS) is 10.9. The van der Waals surface area contributed by atoms with Crippen molar-refractivity contribution >= 4 is 28.0 Å². The zero-order valence-electron chi connectivity index (χ0n) is 11.5. The topological polar surface area (TPSA) is 30.0 Å². The predicted molar refractivity (Wildman–Crippen MR) is 83.6 cm³/mol. The average Bonchev–Trinajstić information content (AvgIpc) is 2.79. The lowest BCUT2D eigenvalue weighted by Gasteiger charge is -2.01. The minimum atomic E-state index is 0.147. The summed E-state index contributed by atoms with van der Waals surface area (Å²) >= 11 is 1.57. The number of para-hydroxylation sites is 1. The number of benzene rings is 1. The summed E-state index contributed by atoms with van der Waals surface area (Å²) < 4.78 is 0. The van der Waals surface area contributed by atoms with E-state index in [4.69, 9.17) is 0 Å². The highest BCUT2D eigenvalue weighted by atomic mass is 32.1. The molecule has 0 radical (unpaired) electrons. The number of pyridine rings is 1. The monoisotopic (exact) mass is 281 g/mol. The Kier molecular flexibility index (Phi) is 3.36. The fraction of sp³-hybridized carbons (Fsp3) is 0.176. The number of thiophene rings is 1. The second-order valence-electron chi connectivity index (χ2n) is 4.95. The van der Waals surface area contributed by atoms with Crippen LogP contribution in [0.2, 0.25) is 0 Å². The summed E-state index contributed by atoms with van der Waals surface area (Å²) in [6.45, 7) is 4.09. The van der Waals surface area contributed by atoms with Crippen LogP contribution in [-0.4, -0.2) is 10.8 Å². The van der Waals surface area contributed by atoms with Gasteiger partial charge in [-0.3, -0.25) is 9.78 Å². The average molecular weight is 281 g/mol. The zero-order valence-corrected chi connectivity index (χ0v) is 12.3. The smallest absolute Gasteiger partial charge is 0.178 e. The van der Waals surface area contributed by atoms with E-state index in [1.54, 1.807) is 11.3 Å². The third-order valence-electron chi connectivity index (χ3n) is 3.44. The molecule has 100 valence electrons. The molecule has 0 saturated carbocycles. The van der Waals surface area contributed by atoms with Crippen molar-refractivity contribution in [1.29, 1.82) is 0 Å². The van der Waals surface area contributed by atoms with Gasteiger partial charge < -0.3 is 0 Å². The van der Waals surface area contributed by atoms with E-state index in [0.717, 1.165) is 21.5 Å². The minimum Gasteiger partial charge on any atom is -0.293 e. The van der Waals surface area contributed by atoms with Gasteiger partial charge in [0, 0.05) is 16.0 Å². The van der Waals surface area contributed by atoms with Crippen molar-refractivity contribution in [3.05, 3.63) is 63.5 Å². The SMILES string of the molecule is Cc1cc(C(=O)Cc2ccc3ccccc3n2)sc1C. The lowest BCUT2D eigenvalue weighted by molar-refractivity contribution is 0.0996. The fourth-order valence-corrected chi connectivity index (χ4v) is 3.14. The van der Waals surface area contributed by atoms with E-state index in [1.807, 2.05) is 56.3 Å². The van der Waals surface area contributed by atoms with E-state index < -0.39 is 0 Å². The molecular weight excluding hydrogens is 266 g/mol. The molecule has 0 spiro atoms. The molecule has 0 saturated heterocycles. The first-order chi connectivity index (χ1) is 9.63. The molecule has 0 aliphatic carbocycles. The van der Waals surface area contributed by atoms with Gasteiger partial charge >= 0.3 is 0 Å². The number of nitrogens with zero attached hydrogens (tertiary/aromatic N) is 1. The van der Waals surface area contributed by atoms with Crippen molar-refractivity contribution in [3.8, 4) is 0 Å². The number of Topliss-reactive ketones (excluding diaryl/α,β-unsaturated/α-hetero) is 1. The van der Waals surface area contributed by atoms with Gasteiger partial charge in [-0.25, -0.2) is 0 Å². The van der Waals surface area contributed by atoms with Gasteiger partial charge in [0.25, 0.3) is 0 Å².